The van der Waals surface area contributed by atoms with Crippen molar-refractivity contribution in [2.24, 2.45) is 0 Å². The molecule has 178 valence electrons. The molecule has 0 aliphatic rings. The smallest absolute Gasteiger partial charge is 0.320 e. The van der Waals surface area contributed by atoms with Crippen LogP contribution in [0, 0.1) is 0 Å². The molecule has 0 aliphatic carbocycles. The van der Waals surface area contributed by atoms with Crippen LogP contribution < -0.4 is 15.4 Å². The van der Waals surface area contributed by atoms with Gasteiger partial charge < -0.3 is 20.6 Å². The van der Waals surface area contributed by atoms with Gasteiger partial charge in [-0.15, -0.1) is 0 Å². The molecule has 2 aromatic rings. The van der Waals surface area contributed by atoms with Gasteiger partial charge in [-0.25, -0.2) is 8.42 Å². The minimum absolute atomic E-state index is 0.191. The van der Waals surface area contributed by atoms with E-state index in [2.05, 4.69) is 49.1 Å². The molecule has 11 heteroatoms. The Morgan fingerprint density at radius 1 is 0.875 bits per heavy atom. The van der Waals surface area contributed by atoms with Crippen molar-refractivity contribution < 1.29 is 13.5 Å². The lowest BCUT2D eigenvalue weighted by atomic mass is 10.2. The summed E-state index contributed by atoms with van der Waals surface area (Å²) in [4.78, 5) is 14.6. The van der Waals surface area contributed by atoms with E-state index in [9.17, 15) is 13.5 Å². The highest BCUT2D eigenvalue weighted by Crippen LogP contribution is 2.19. The van der Waals surface area contributed by atoms with E-state index in [4.69, 9.17) is 0 Å². The fourth-order valence-corrected chi connectivity index (χ4v) is 3.63. The number of hydrogen-bond donors (Lipinski definition) is 4. The second-order valence-corrected chi connectivity index (χ2v) is 9.44. The molecule has 0 amide bonds. The minimum Gasteiger partial charge on any atom is -0.479 e. The van der Waals surface area contributed by atoms with Crippen LogP contribution in [0.3, 0.4) is 0 Å². The van der Waals surface area contributed by atoms with Gasteiger partial charge in [0.2, 0.25) is 21.9 Å². The summed E-state index contributed by atoms with van der Waals surface area (Å²) in [6.07, 6.45) is 6.83. The largest absolute Gasteiger partial charge is 0.479 e. The van der Waals surface area contributed by atoms with E-state index in [1.165, 1.54) is 25.7 Å². The Bertz CT molecular complexity index is 915. The Morgan fingerprint density at radius 3 is 2.03 bits per heavy atom. The van der Waals surface area contributed by atoms with Crippen LogP contribution in [0.5, 0.6) is 6.01 Å². The molecule has 1 aromatic carbocycles. The number of hydrogen-bond acceptors (Lipinski definition) is 9. The number of benzene rings is 1. The van der Waals surface area contributed by atoms with Gasteiger partial charge >= 0.3 is 6.01 Å². The Hall–Kier alpha value is -2.66. The maximum Gasteiger partial charge on any atom is 0.320 e. The van der Waals surface area contributed by atoms with E-state index in [1.807, 2.05) is 0 Å². The molecule has 1 heterocycles. The lowest BCUT2D eigenvalue weighted by molar-refractivity contribution is 0.264. The lowest BCUT2D eigenvalue weighted by Gasteiger charge is -2.21. The first-order valence-electron chi connectivity index (χ1n) is 11.0. The SMILES string of the molecule is CCCCN(CCCC)CCCNc1nc(O)nc(Nc2ccc(NS(C)(=O)=O)cc2)n1. The van der Waals surface area contributed by atoms with Gasteiger partial charge in [-0.2, -0.15) is 15.0 Å². The first-order valence-corrected chi connectivity index (χ1v) is 12.9. The number of rotatable bonds is 15. The molecule has 0 spiro atoms. The Balaban J connectivity index is 1.89. The van der Waals surface area contributed by atoms with Gasteiger partial charge in [-0.3, -0.25) is 4.72 Å². The molecule has 4 N–H and O–H groups in total. The monoisotopic (exact) mass is 465 g/mol. The van der Waals surface area contributed by atoms with Gasteiger partial charge in [-0.05, 0) is 63.2 Å². The highest BCUT2D eigenvalue weighted by molar-refractivity contribution is 7.92. The number of nitrogens with zero attached hydrogens (tertiary/aromatic N) is 4. The maximum atomic E-state index is 11.3. The standard InChI is InChI=1S/C21H35N7O3S/c1-4-6-14-28(15-7-5-2)16-8-13-22-19-24-20(26-21(29)25-19)23-17-9-11-18(12-10-17)27-32(3,30)31/h9-12,27H,4-8,13-16H2,1-3H3,(H3,22,23,24,25,26,29). The van der Waals surface area contributed by atoms with Crippen molar-refractivity contribution in [3.05, 3.63) is 24.3 Å². The number of sulfonamides is 1. The summed E-state index contributed by atoms with van der Waals surface area (Å²) in [5.41, 5.74) is 1.09. The Labute approximate surface area is 190 Å². The number of aromatic hydroxyl groups is 1. The molecular formula is C21H35N7O3S. The number of aromatic nitrogens is 3. The average molecular weight is 466 g/mol. The van der Waals surface area contributed by atoms with Crippen LogP contribution in [0.25, 0.3) is 0 Å². The topological polar surface area (TPSA) is 132 Å². The van der Waals surface area contributed by atoms with Crippen molar-refractivity contribution in [3.8, 4) is 6.01 Å². The fourth-order valence-electron chi connectivity index (χ4n) is 3.07. The van der Waals surface area contributed by atoms with Crippen LogP contribution in [0.4, 0.5) is 23.3 Å². The van der Waals surface area contributed by atoms with Crippen molar-refractivity contribution >= 4 is 33.3 Å². The van der Waals surface area contributed by atoms with E-state index in [0.29, 0.717) is 23.9 Å². The van der Waals surface area contributed by atoms with Crippen molar-refractivity contribution in [2.45, 2.75) is 46.0 Å². The fraction of sp³-hybridized carbons (Fsp3) is 0.571. The van der Waals surface area contributed by atoms with Crippen LogP contribution in [-0.2, 0) is 10.0 Å². The summed E-state index contributed by atoms with van der Waals surface area (Å²) in [7, 11) is -3.33. The van der Waals surface area contributed by atoms with Crippen LogP contribution in [0.15, 0.2) is 24.3 Å². The third-order valence-corrected chi connectivity index (χ3v) is 5.26. The molecular weight excluding hydrogens is 430 g/mol. The van der Waals surface area contributed by atoms with Gasteiger partial charge in [-0.1, -0.05) is 26.7 Å². The van der Waals surface area contributed by atoms with Crippen molar-refractivity contribution in [1.29, 1.82) is 0 Å². The van der Waals surface area contributed by atoms with Gasteiger partial charge in [0, 0.05) is 17.9 Å². The molecule has 0 fully saturated rings. The van der Waals surface area contributed by atoms with Gasteiger partial charge in [0.05, 0.1) is 6.26 Å². The molecule has 0 saturated carbocycles. The molecule has 32 heavy (non-hydrogen) atoms. The molecule has 0 bridgehead atoms. The Morgan fingerprint density at radius 2 is 1.44 bits per heavy atom. The van der Waals surface area contributed by atoms with Crippen molar-refractivity contribution in [2.75, 3.05) is 47.8 Å². The summed E-state index contributed by atoms with van der Waals surface area (Å²) in [6.45, 7) is 8.34. The van der Waals surface area contributed by atoms with Crippen LogP contribution in [0.1, 0.15) is 46.0 Å². The molecule has 0 aliphatic heterocycles. The number of anilines is 4. The predicted molar refractivity (Wildman–Crippen MR) is 129 cm³/mol. The summed E-state index contributed by atoms with van der Waals surface area (Å²) in [6, 6.07) is 6.22. The van der Waals surface area contributed by atoms with Crippen LogP contribution in [0.2, 0.25) is 0 Å². The first-order chi connectivity index (χ1) is 15.3. The predicted octanol–water partition coefficient (Wildman–Crippen LogP) is 3.40. The molecule has 0 saturated heterocycles. The zero-order chi connectivity index (χ0) is 23.4. The zero-order valence-corrected chi connectivity index (χ0v) is 20.0. The minimum atomic E-state index is -3.33. The van der Waals surface area contributed by atoms with Gasteiger partial charge in [0.1, 0.15) is 0 Å². The first kappa shape index (κ1) is 25.6. The molecule has 2 rings (SSSR count). The van der Waals surface area contributed by atoms with Crippen LogP contribution >= 0.6 is 0 Å². The van der Waals surface area contributed by atoms with E-state index in [1.54, 1.807) is 24.3 Å². The van der Waals surface area contributed by atoms with E-state index < -0.39 is 10.0 Å². The van der Waals surface area contributed by atoms with E-state index in [-0.39, 0.29) is 12.0 Å². The molecule has 1 aromatic heterocycles. The normalized spacial score (nSPS) is 11.5. The third kappa shape index (κ3) is 10.1. The highest BCUT2D eigenvalue weighted by atomic mass is 32.2. The lowest BCUT2D eigenvalue weighted by Crippen LogP contribution is -2.28. The van der Waals surface area contributed by atoms with Crippen LogP contribution in [-0.4, -0.2) is 65.8 Å². The van der Waals surface area contributed by atoms with Crippen molar-refractivity contribution in [1.82, 2.24) is 19.9 Å². The number of unbranched alkanes of at least 4 members (excludes halogenated alkanes) is 2. The van der Waals surface area contributed by atoms with Gasteiger partial charge in [0.25, 0.3) is 0 Å². The van der Waals surface area contributed by atoms with Crippen molar-refractivity contribution in [3.63, 3.8) is 0 Å². The molecule has 0 radical (unpaired) electrons. The second kappa shape index (κ2) is 13.0. The molecule has 10 nitrogen and oxygen atoms in total. The van der Waals surface area contributed by atoms with E-state index in [0.717, 1.165) is 32.3 Å². The summed E-state index contributed by atoms with van der Waals surface area (Å²) >= 11 is 0. The summed E-state index contributed by atoms with van der Waals surface area (Å²) < 4.78 is 25.0. The molecule has 0 unspecified atom stereocenters. The third-order valence-electron chi connectivity index (χ3n) is 4.66. The van der Waals surface area contributed by atoms with E-state index >= 15 is 0 Å². The zero-order valence-electron chi connectivity index (χ0n) is 19.1. The number of nitrogens with one attached hydrogen (secondary N) is 3. The average Bonchev–Trinajstić information content (AvgIpc) is 2.72. The van der Waals surface area contributed by atoms with Gasteiger partial charge in [0.15, 0.2) is 0 Å². The summed E-state index contributed by atoms with van der Waals surface area (Å²) in [5.74, 6) is 0.486. The Kier molecular flexibility index (Phi) is 10.4. The second-order valence-electron chi connectivity index (χ2n) is 7.69. The maximum absolute atomic E-state index is 11.3. The summed E-state index contributed by atoms with van der Waals surface area (Å²) in [5, 5.41) is 16.0. The quantitative estimate of drug-likeness (QED) is 0.292. The molecule has 0 atom stereocenters. The highest BCUT2D eigenvalue weighted by Gasteiger charge is 2.08.